The Morgan fingerprint density at radius 3 is 2.60 bits per heavy atom. The molecule has 5 aliphatic heterocycles. The average Bonchev–Trinajstić information content (AvgIpc) is 3.82. The third-order valence-corrected chi connectivity index (χ3v) is 15.6. The van der Waals surface area contributed by atoms with Crippen LogP contribution >= 0.6 is 0 Å². The number of hydrogen-bond acceptors (Lipinski definition) is 8. The third kappa shape index (κ3) is 4.97. The number of aliphatic hydroxyl groups is 4. The molecule has 3 aromatic rings. The van der Waals surface area contributed by atoms with E-state index < -0.39 is 51.6 Å². The molecule has 1 aromatic heterocycles. The minimum atomic E-state index is -2.16. The van der Waals surface area contributed by atoms with Crippen molar-refractivity contribution in [3.05, 3.63) is 76.5 Å². The summed E-state index contributed by atoms with van der Waals surface area (Å²) in [6.07, 6.45) is 6.56. The molecule has 0 radical (unpaired) electrons. The highest BCUT2D eigenvalue weighted by molar-refractivity contribution is 5.90. The van der Waals surface area contributed by atoms with Crippen LogP contribution in [0.4, 0.5) is 5.69 Å². The number of hydrogen-bond donors (Lipinski definition) is 6. The molecule has 1 saturated carbocycles. The number of aliphatic hydroxyl groups excluding tert-OH is 2. The molecule has 1 amide bonds. The second kappa shape index (κ2) is 12.6. The average molecular weight is 752 g/mol. The van der Waals surface area contributed by atoms with Crippen LogP contribution in [0.25, 0.3) is 10.9 Å². The van der Waals surface area contributed by atoms with Gasteiger partial charge in [-0.1, -0.05) is 50.3 Å². The zero-order chi connectivity index (χ0) is 38.9. The van der Waals surface area contributed by atoms with E-state index in [2.05, 4.69) is 101 Å². The number of likely N-dealkylation sites (N-methyl/N-ethyl adjacent to an activating group) is 1. The molecule has 10 heteroatoms. The van der Waals surface area contributed by atoms with Crippen LogP contribution in [0, 0.1) is 18.3 Å². The van der Waals surface area contributed by atoms with Gasteiger partial charge in [0.15, 0.2) is 5.60 Å². The zero-order valence-corrected chi connectivity index (χ0v) is 33.5. The largest absolute Gasteiger partial charge is 0.392 e. The molecule has 6 aliphatic rings. The molecule has 10 nitrogen and oxygen atoms in total. The summed E-state index contributed by atoms with van der Waals surface area (Å²) < 4.78 is 0. The van der Waals surface area contributed by atoms with E-state index in [1.807, 2.05) is 7.05 Å². The number of piperidine rings is 1. The Kier molecular flexibility index (Phi) is 8.57. The SMILES string of the molecule is CCC1(O)CC2CN(CCc3c([nH]c4ccccc34)[C@@](C)(c3cc4c(cc3C)N(C)C3[C@]45CCN4CC=C[C@](CC)(C45)[C@@H](O)[C@]3(O)C(=O)NCC(C)O)C2)C1. The molecule has 296 valence electrons. The number of carbonyl (C=O) groups excluding carboxylic acids is 1. The Morgan fingerprint density at radius 2 is 1.85 bits per heavy atom. The predicted octanol–water partition coefficient (Wildman–Crippen LogP) is 3.89. The lowest BCUT2D eigenvalue weighted by molar-refractivity contribution is -0.203. The minimum Gasteiger partial charge on any atom is -0.392 e. The second-order valence-electron chi connectivity index (χ2n) is 18.7. The lowest BCUT2D eigenvalue weighted by Crippen LogP contribution is -2.81. The number of anilines is 1. The Balaban J connectivity index is 1.28. The van der Waals surface area contributed by atoms with Crippen molar-refractivity contribution in [3.63, 3.8) is 0 Å². The van der Waals surface area contributed by atoms with Crippen LogP contribution in [0.5, 0.6) is 0 Å². The molecule has 2 bridgehead atoms. The molecule has 1 spiro atoms. The molecule has 6 unspecified atom stereocenters. The van der Waals surface area contributed by atoms with E-state index in [1.54, 1.807) is 6.92 Å². The van der Waals surface area contributed by atoms with Gasteiger partial charge >= 0.3 is 0 Å². The van der Waals surface area contributed by atoms with Crippen molar-refractivity contribution in [1.82, 2.24) is 20.1 Å². The summed E-state index contributed by atoms with van der Waals surface area (Å²) in [4.78, 5) is 25.5. The van der Waals surface area contributed by atoms with Gasteiger partial charge < -0.3 is 35.6 Å². The summed E-state index contributed by atoms with van der Waals surface area (Å²) in [6.45, 7) is 14.5. The van der Waals surface area contributed by atoms with E-state index in [9.17, 15) is 25.2 Å². The van der Waals surface area contributed by atoms with Gasteiger partial charge in [0.25, 0.3) is 5.91 Å². The highest BCUT2D eigenvalue weighted by Crippen LogP contribution is 2.67. The first-order valence-corrected chi connectivity index (χ1v) is 20.9. The van der Waals surface area contributed by atoms with Gasteiger partial charge in [-0.3, -0.25) is 14.6 Å². The van der Waals surface area contributed by atoms with E-state index in [-0.39, 0.29) is 18.5 Å². The molecular formula is C45H61N5O5. The molecule has 6 N–H and O–H groups in total. The number of aryl methyl sites for hydroxylation is 1. The number of carbonyl (C=O) groups is 1. The van der Waals surface area contributed by atoms with Gasteiger partial charge in [0.2, 0.25) is 0 Å². The van der Waals surface area contributed by atoms with Gasteiger partial charge in [-0.15, -0.1) is 0 Å². The maximum atomic E-state index is 14.5. The Hall–Kier alpha value is -3.25. The molecule has 55 heavy (non-hydrogen) atoms. The maximum absolute atomic E-state index is 14.5. The number of rotatable bonds is 6. The fourth-order valence-electron chi connectivity index (χ4n) is 13.4. The van der Waals surface area contributed by atoms with Crippen LogP contribution in [0.15, 0.2) is 48.6 Å². The van der Waals surface area contributed by atoms with Crippen molar-refractivity contribution in [2.24, 2.45) is 11.3 Å². The van der Waals surface area contributed by atoms with Gasteiger partial charge in [0, 0.05) is 84.3 Å². The normalized spacial score (nSPS) is 39.7. The number of nitrogens with one attached hydrogen (secondary N) is 2. The van der Waals surface area contributed by atoms with Crippen molar-refractivity contribution in [3.8, 4) is 0 Å². The van der Waals surface area contributed by atoms with Gasteiger partial charge in [-0.2, -0.15) is 0 Å². The fourth-order valence-corrected chi connectivity index (χ4v) is 13.4. The molecule has 2 saturated heterocycles. The number of amides is 1. The summed E-state index contributed by atoms with van der Waals surface area (Å²) in [5, 5.41) is 51.9. The molecule has 9 rings (SSSR count). The zero-order valence-electron chi connectivity index (χ0n) is 33.5. The van der Waals surface area contributed by atoms with Crippen molar-refractivity contribution in [2.45, 2.75) is 119 Å². The molecule has 1 aliphatic carbocycles. The monoisotopic (exact) mass is 751 g/mol. The maximum Gasteiger partial charge on any atom is 0.257 e. The Morgan fingerprint density at radius 1 is 1.07 bits per heavy atom. The van der Waals surface area contributed by atoms with Gasteiger partial charge in [-0.05, 0) is 106 Å². The van der Waals surface area contributed by atoms with Crippen molar-refractivity contribution >= 4 is 22.5 Å². The Labute approximate surface area is 325 Å². The van der Waals surface area contributed by atoms with E-state index in [0.29, 0.717) is 13.0 Å². The van der Waals surface area contributed by atoms with Crippen LogP contribution < -0.4 is 10.2 Å². The predicted molar refractivity (Wildman–Crippen MR) is 215 cm³/mol. The highest BCUT2D eigenvalue weighted by Gasteiger charge is 2.78. The van der Waals surface area contributed by atoms with Crippen LogP contribution in [-0.4, -0.2) is 123 Å². The quantitative estimate of drug-likeness (QED) is 0.209. The first-order chi connectivity index (χ1) is 26.2. The molecular weight excluding hydrogens is 691 g/mol. The lowest BCUT2D eigenvalue weighted by atomic mass is 9.47. The summed E-state index contributed by atoms with van der Waals surface area (Å²) >= 11 is 0. The van der Waals surface area contributed by atoms with Gasteiger partial charge in [-0.25, -0.2) is 0 Å². The van der Waals surface area contributed by atoms with Crippen LogP contribution in [0.1, 0.15) is 87.7 Å². The molecule has 2 aromatic carbocycles. The standard InChI is InChI=1S/C45H61N5O5/c1-7-42(54)23-29-22-41(5,36-31(14-18-49(25-29)26-42)30-12-9-10-13-34(30)47-36)32-21-33-35(20-27(32)3)48(6)38-44(33)16-19-50-17-11-15-43(8-2,37(44)50)39(52)45(38,55)40(53)46-24-28(4)51/h9-13,15,20-21,28-29,37-39,47,51-52,54-55H,7-8,14,16-19,22-26H2,1-6H3,(H,46,53)/t28?,29?,37?,38?,39-,41-,42?,43-,44-,45+/m1/s1. The number of H-pyrrole nitrogens is 1. The minimum absolute atomic E-state index is 0.0189. The number of benzene rings is 2. The third-order valence-electron chi connectivity index (χ3n) is 15.6. The first kappa shape index (κ1) is 37.3. The van der Waals surface area contributed by atoms with Crippen LogP contribution in [0.2, 0.25) is 0 Å². The van der Waals surface area contributed by atoms with Crippen molar-refractivity contribution < 1.29 is 25.2 Å². The van der Waals surface area contributed by atoms with Gasteiger partial charge in [0.05, 0.1) is 17.7 Å². The summed E-state index contributed by atoms with van der Waals surface area (Å²) in [6, 6.07) is 12.5. The molecule has 3 fully saturated rings. The van der Waals surface area contributed by atoms with E-state index in [0.717, 1.165) is 80.6 Å². The number of aromatic nitrogens is 1. The summed E-state index contributed by atoms with van der Waals surface area (Å²) in [5.74, 6) is -0.366. The first-order valence-electron chi connectivity index (χ1n) is 20.9. The van der Waals surface area contributed by atoms with Crippen molar-refractivity contribution in [2.75, 3.05) is 51.2 Å². The number of aromatic amines is 1. The second-order valence-corrected chi connectivity index (χ2v) is 18.7. The smallest absolute Gasteiger partial charge is 0.257 e. The van der Waals surface area contributed by atoms with Crippen LogP contribution in [-0.2, 0) is 22.0 Å². The lowest BCUT2D eigenvalue weighted by Gasteiger charge is -2.63. The Bertz CT molecular complexity index is 2060. The number of fused-ring (bicyclic) bond motifs is 6. The fraction of sp³-hybridized carbons (Fsp3) is 0.622. The number of para-hydroxylation sites is 1. The van der Waals surface area contributed by atoms with E-state index in [1.165, 1.54) is 22.2 Å². The summed E-state index contributed by atoms with van der Waals surface area (Å²) in [7, 11) is 1.98. The number of nitrogens with zero attached hydrogens (tertiary/aromatic N) is 3. The molecule has 11 atom stereocenters. The summed E-state index contributed by atoms with van der Waals surface area (Å²) in [5.41, 5.74) is 3.37. The topological polar surface area (TPSA) is 136 Å². The van der Waals surface area contributed by atoms with E-state index >= 15 is 0 Å². The van der Waals surface area contributed by atoms with Crippen molar-refractivity contribution in [1.29, 1.82) is 0 Å². The highest BCUT2D eigenvalue weighted by atomic mass is 16.4. The molecule has 6 heterocycles. The van der Waals surface area contributed by atoms with E-state index in [4.69, 9.17) is 0 Å². The van der Waals surface area contributed by atoms with Gasteiger partial charge in [0.1, 0.15) is 6.10 Å². The van der Waals surface area contributed by atoms with Crippen LogP contribution in [0.3, 0.4) is 0 Å².